The summed E-state index contributed by atoms with van der Waals surface area (Å²) in [6, 6.07) is 0. The van der Waals surface area contributed by atoms with Crippen LogP contribution in [0.3, 0.4) is 0 Å². The van der Waals surface area contributed by atoms with Crippen LogP contribution in [0.5, 0.6) is 0 Å². The Morgan fingerprint density at radius 2 is 1.55 bits per heavy atom. The van der Waals surface area contributed by atoms with Gasteiger partial charge in [-0.25, -0.2) is 0 Å². The van der Waals surface area contributed by atoms with E-state index in [1.807, 2.05) is 0 Å². The van der Waals surface area contributed by atoms with Gasteiger partial charge in [0.25, 0.3) is 0 Å². The highest BCUT2D eigenvalue weighted by Crippen LogP contribution is 2.36. The van der Waals surface area contributed by atoms with E-state index in [1.54, 1.807) is 5.57 Å². The van der Waals surface area contributed by atoms with Crippen LogP contribution in [0.15, 0.2) is 23.3 Å². The Morgan fingerprint density at radius 1 is 1.18 bits per heavy atom. The zero-order chi connectivity index (χ0) is 8.48. The molecule has 2 rings (SSSR count). The van der Waals surface area contributed by atoms with Gasteiger partial charge < -0.3 is 0 Å². The second-order valence-electron chi connectivity index (χ2n) is 2.69. The van der Waals surface area contributed by atoms with Crippen molar-refractivity contribution in [2.75, 3.05) is 0 Å². The predicted octanol–water partition coefficient (Wildman–Crippen LogP) is 3.22. The molecule has 0 heterocycles. The van der Waals surface area contributed by atoms with E-state index in [1.165, 1.54) is 12.5 Å². The van der Waals surface area contributed by atoms with Crippen LogP contribution in [0.1, 0.15) is 19.8 Å². The normalized spacial score (nSPS) is 19.3. The summed E-state index contributed by atoms with van der Waals surface area (Å²) in [5.41, 5.74) is 1.16. The number of alkyl halides is 3. The van der Waals surface area contributed by atoms with E-state index in [0.29, 0.717) is 0 Å². The van der Waals surface area contributed by atoms with Gasteiger partial charge in [0.15, 0.2) is 0 Å². The highest BCUT2D eigenvalue weighted by atomic mass is 19.4. The fraction of sp³-hybridized carbons (Fsp3) is 0.500. The number of hydrogen-bond acceptors (Lipinski definition) is 0. The van der Waals surface area contributed by atoms with Crippen LogP contribution in [0.25, 0.3) is 0 Å². The highest BCUT2D eigenvalue weighted by molar-refractivity contribution is 5.26. The molecule has 0 amide bonds. The van der Waals surface area contributed by atoms with Gasteiger partial charge in [0, 0.05) is 5.57 Å². The van der Waals surface area contributed by atoms with E-state index in [9.17, 15) is 13.2 Å². The maximum Gasteiger partial charge on any atom is 0.412 e. The molecule has 0 bridgehead atoms. The van der Waals surface area contributed by atoms with Gasteiger partial charge in [-0.05, 0) is 19.8 Å². The van der Waals surface area contributed by atoms with Crippen molar-refractivity contribution < 1.29 is 13.2 Å². The molecular weight excluding hydrogens is 153 g/mol. The van der Waals surface area contributed by atoms with E-state index in [2.05, 4.69) is 13.0 Å². The zero-order valence-corrected chi connectivity index (χ0v) is 6.20. The van der Waals surface area contributed by atoms with E-state index >= 15 is 0 Å². The largest absolute Gasteiger partial charge is 0.412 e. The average Bonchev–Trinajstić information content (AvgIpc) is 2.54. The third-order valence-electron chi connectivity index (χ3n) is 1.38. The minimum Gasteiger partial charge on any atom is -0.166 e. The Labute approximate surface area is 63.4 Å². The van der Waals surface area contributed by atoms with Crippen molar-refractivity contribution in [2.24, 2.45) is 0 Å². The molecule has 0 unspecified atom stereocenters. The maximum atomic E-state index is 11.2. The van der Waals surface area contributed by atoms with Crippen molar-refractivity contribution in [1.82, 2.24) is 0 Å². The van der Waals surface area contributed by atoms with Gasteiger partial charge in [-0.3, -0.25) is 0 Å². The molecule has 11 heavy (non-hydrogen) atoms. The van der Waals surface area contributed by atoms with Crippen LogP contribution in [-0.2, 0) is 0 Å². The summed E-state index contributed by atoms with van der Waals surface area (Å²) in [6.45, 7) is 2.14. The molecule has 0 aromatic carbocycles. The topological polar surface area (TPSA) is 0 Å². The van der Waals surface area contributed by atoms with Gasteiger partial charge >= 0.3 is 6.18 Å². The Morgan fingerprint density at radius 3 is 1.55 bits per heavy atom. The molecule has 2 aliphatic carbocycles. The van der Waals surface area contributed by atoms with Crippen LogP contribution in [-0.4, -0.2) is 6.18 Å². The molecular formula is C8H9F3. The Bertz CT molecular complexity index is 208. The van der Waals surface area contributed by atoms with Crippen LogP contribution in [0, 0.1) is 0 Å². The van der Waals surface area contributed by atoms with Gasteiger partial charge in [-0.1, -0.05) is 17.7 Å². The molecule has 0 N–H and O–H groups in total. The van der Waals surface area contributed by atoms with Crippen LogP contribution < -0.4 is 0 Å². The number of rotatable bonds is 0. The zero-order valence-electron chi connectivity index (χ0n) is 6.20. The molecule has 0 saturated heterocycles. The van der Waals surface area contributed by atoms with Crippen molar-refractivity contribution in [2.45, 2.75) is 25.9 Å². The molecule has 0 aromatic heterocycles. The van der Waals surface area contributed by atoms with Crippen molar-refractivity contribution in [3.63, 3.8) is 0 Å². The second-order valence-corrected chi connectivity index (χ2v) is 2.69. The minimum absolute atomic E-state index is 0.142. The number of halogens is 3. The predicted molar refractivity (Wildman–Crippen MR) is 37.1 cm³/mol. The molecule has 0 fully saturated rings. The lowest BCUT2D eigenvalue weighted by Gasteiger charge is -1.95. The van der Waals surface area contributed by atoms with E-state index in [-0.39, 0.29) is 12.0 Å². The molecule has 3 heteroatoms. The SMILES string of the molecule is CC1=CC1.FC(F)(F)C1=CC1. The summed E-state index contributed by atoms with van der Waals surface area (Å²) in [6.07, 6.45) is 0.767. The van der Waals surface area contributed by atoms with E-state index in [4.69, 9.17) is 0 Å². The van der Waals surface area contributed by atoms with Crippen molar-refractivity contribution in [3.05, 3.63) is 23.3 Å². The molecule has 0 aromatic rings. The second kappa shape index (κ2) is 2.72. The molecule has 0 spiro atoms. The minimum atomic E-state index is -4.03. The summed E-state index contributed by atoms with van der Waals surface area (Å²) in [7, 11) is 0. The van der Waals surface area contributed by atoms with Gasteiger partial charge in [0.05, 0.1) is 0 Å². The smallest absolute Gasteiger partial charge is 0.166 e. The number of hydrogen-bond donors (Lipinski definition) is 0. The third-order valence-corrected chi connectivity index (χ3v) is 1.38. The first kappa shape index (κ1) is 8.37. The standard InChI is InChI=1S/C4H3F3.C4H6/c5-4(6,7)3-1-2-3;1-4-2-3-4/h1H,2H2;2H,3H2,1H3. The lowest BCUT2D eigenvalue weighted by atomic mass is 10.5. The highest BCUT2D eigenvalue weighted by Gasteiger charge is 2.37. The maximum absolute atomic E-state index is 11.2. The molecule has 62 valence electrons. The fourth-order valence-corrected chi connectivity index (χ4v) is 0.385. The van der Waals surface area contributed by atoms with Gasteiger partial charge in [-0.2, -0.15) is 13.2 Å². The molecule has 0 aliphatic heterocycles. The fourth-order valence-electron chi connectivity index (χ4n) is 0.385. The van der Waals surface area contributed by atoms with E-state index < -0.39 is 6.18 Å². The van der Waals surface area contributed by atoms with E-state index in [0.717, 1.165) is 0 Å². The van der Waals surface area contributed by atoms with Crippen LogP contribution in [0.2, 0.25) is 0 Å². The molecule has 0 radical (unpaired) electrons. The molecule has 2 aliphatic rings. The van der Waals surface area contributed by atoms with Gasteiger partial charge in [-0.15, -0.1) is 0 Å². The lowest BCUT2D eigenvalue weighted by molar-refractivity contribution is -0.0874. The Balaban J connectivity index is 0.000000128. The first-order valence-corrected chi connectivity index (χ1v) is 3.42. The van der Waals surface area contributed by atoms with Crippen molar-refractivity contribution >= 4 is 0 Å². The first-order valence-electron chi connectivity index (χ1n) is 3.42. The Kier molecular flexibility index (Phi) is 2.07. The monoisotopic (exact) mass is 162 g/mol. The van der Waals surface area contributed by atoms with Gasteiger partial charge in [0.2, 0.25) is 0 Å². The Hall–Kier alpha value is -0.730. The number of allylic oxidation sites excluding steroid dienone is 4. The summed E-state index contributed by atoms with van der Waals surface area (Å²) in [5.74, 6) is 0. The van der Waals surface area contributed by atoms with Crippen molar-refractivity contribution in [1.29, 1.82) is 0 Å². The molecule has 0 nitrogen and oxygen atoms in total. The first-order chi connectivity index (χ1) is 5.00. The average molecular weight is 162 g/mol. The summed E-state index contributed by atoms with van der Waals surface area (Å²) < 4.78 is 33.5. The summed E-state index contributed by atoms with van der Waals surface area (Å²) >= 11 is 0. The van der Waals surface area contributed by atoms with Crippen molar-refractivity contribution in [3.8, 4) is 0 Å². The third kappa shape index (κ3) is 3.86. The van der Waals surface area contributed by atoms with Gasteiger partial charge in [0.1, 0.15) is 0 Å². The summed E-state index contributed by atoms with van der Waals surface area (Å²) in [4.78, 5) is 0. The summed E-state index contributed by atoms with van der Waals surface area (Å²) in [5, 5.41) is 0. The van der Waals surface area contributed by atoms with Crippen LogP contribution >= 0.6 is 0 Å². The lowest BCUT2D eigenvalue weighted by Crippen LogP contribution is -2.02. The molecule has 0 saturated carbocycles. The van der Waals surface area contributed by atoms with Crippen LogP contribution in [0.4, 0.5) is 13.2 Å². The molecule has 0 atom stereocenters. The quantitative estimate of drug-likeness (QED) is 0.480.